The van der Waals surface area contributed by atoms with Gasteiger partial charge in [0, 0.05) is 37.9 Å². The molecule has 3 rings (SSSR count). The van der Waals surface area contributed by atoms with Crippen molar-refractivity contribution < 1.29 is 19.1 Å². The third kappa shape index (κ3) is 3.35. The van der Waals surface area contributed by atoms with Gasteiger partial charge >= 0.3 is 0 Å². The lowest BCUT2D eigenvalue weighted by atomic mass is 10.2. The number of ether oxygens (including phenoxy) is 2. The summed E-state index contributed by atoms with van der Waals surface area (Å²) in [6.07, 6.45) is 2.54. The molecular weight excluding hydrogens is 284 g/mol. The average molecular weight is 302 g/mol. The summed E-state index contributed by atoms with van der Waals surface area (Å²) in [6, 6.07) is 7.03. The molecule has 1 aromatic carbocycles. The first-order valence-corrected chi connectivity index (χ1v) is 7.33. The van der Waals surface area contributed by atoms with Crippen LogP contribution < -0.4 is 9.64 Å². The Hall–Kier alpha value is -2.18. The van der Waals surface area contributed by atoms with Crippen LogP contribution in [0.4, 0.5) is 5.69 Å². The fourth-order valence-electron chi connectivity index (χ4n) is 2.48. The van der Waals surface area contributed by atoms with E-state index in [2.05, 4.69) is 4.90 Å². The van der Waals surface area contributed by atoms with Crippen LogP contribution in [-0.2, 0) is 14.3 Å². The van der Waals surface area contributed by atoms with Crippen LogP contribution in [0.2, 0.25) is 0 Å². The molecule has 1 aromatic rings. The molecule has 0 unspecified atom stereocenters. The highest BCUT2D eigenvalue weighted by Crippen LogP contribution is 2.23. The summed E-state index contributed by atoms with van der Waals surface area (Å²) in [6.45, 7) is 4.77. The highest BCUT2D eigenvalue weighted by molar-refractivity contribution is 6.28. The van der Waals surface area contributed by atoms with Crippen molar-refractivity contribution in [1.82, 2.24) is 4.90 Å². The number of benzene rings is 1. The van der Waals surface area contributed by atoms with Crippen LogP contribution in [-0.4, -0.2) is 56.2 Å². The van der Waals surface area contributed by atoms with Crippen LogP contribution in [0.5, 0.6) is 5.75 Å². The summed E-state index contributed by atoms with van der Waals surface area (Å²) >= 11 is 0. The number of rotatable bonds is 5. The van der Waals surface area contributed by atoms with Crippen LogP contribution >= 0.6 is 0 Å². The van der Waals surface area contributed by atoms with Gasteiger partial charge in [-0.15, -0.1) is 0 Å². The Labute approximate surface area is 128 Å². The number of imide groups is 1. The van der Waals surface area contributed by atoms with E-state index in [1.807, 2.05) is 6.07 Å². The first-order chi connectivity index (χ1) is 10.7. The molecule has 6 heteroatoms. The highest BCUT2D eigenvalue weighted by atomic mass is 16.5. The second-order valence-electron chi connectivity index (χ2n) is 5.15. The molecule has 0 aliphatic carbocycles. The Morgan fingerprint density at radius 2 is 1.82 bits per heavy atom. The fraction of sp³-hybridized carbons (Fsp3) is 0.375. The monoisotopic (exact) mass is 302 g/mol. The Balaban J connectivity index is 1.57. The molecule has 2 heterocycles. The second kappa shape index (κ2) is 6.72. The average Bonchev–Trinajstić information content (AvgIpc) is 2.88. The minimum absolute atomic E-state index is 0.324. The van der Waals surface area contributed by atoms with Gasteiger partial charge in [0.15, 0.2) is 0 Å². The van der Waals surface area contributed by atoms with E-state index in [0.717, 1.165) is 37.7 Å². The maximum atomic E-state index is 11.7. The summed E-state index contributed by atoms with van der Waals surface area (Å²) in [5.74, 6) is 0.00388. The molecule has 0 saturated carbocycles. The maximum absolute atomic E-state index is 11.7. The van der Waals surface area contributed by atoms with Crippen molar-refractivity contribution in [1.29, 1.82) is 0 Å². The zero-order valence-electron chi connectivity index (χ0n) is 12.2. The van der Waals surface area contributed by atoms with E-state index in [1.165, 1.54) is 12.2 Å². The number of amides is 2. The zero-order valence-corrected chi connectivity index (χ0v) is 12.2. The zero-order chi connectivity index (χ0) is 15.4. The van der Waals surface area contributed by atoms with Crippen LogP contribution in [0.15, 0.2) is 36.4 Å². The van der Waals surface area contributed by atoms with Crippen molar-refractivity contribution in [2.24, 2.45) is 0 Å². The van der Waals surface area contributed by atoms with E-state index in [0.29, 0.717) is 18.0 Å². The van der Waals surface area contributed by atoms with Crippen LogP contribution in [0, 0.1) is 0 Å². The van der Waals surface area contributed by atoms with Crippen LogP contribution in [0.1, 0.15) is 0 Å². The number of morpholine rings is 1. The van der Waals surface area contributed by atoms with Crippen LogP contribution in [0.3, 0.4) is 0 Å². The molecular formula is C16H18N2O4. The summed E-state index contributed by atoms with van der Waals surface area (Å²) < 4.78 is 11.0. The third-order valence-corrected chi connectivity index (χ3v) is 3.67. The van der Waals surface area contributed by atoms with E-state index in [9.17, 15) is 9.59 Å². The molecule has 0 N–H and O–H groups in total. The number of anilines is 1. The molecule has 116 valence electrons. The van der Waals surface area contributed by atoms with Crippen molar-refractivity contribution in [3.63, 3.8) is 0 Å². The van der Waals surface area contributed by atoms with Crippen molar-refractivity contribution in [2.45, 2.75) is 0 Å². The number of carbonyl (C=O) groups excluding carboxylic acids is 2. The predicted molar refractivity (Wildman–Crippen MR) is 80.8 cm³/mol. The number of hydrogen-bond donors (Lipinski definition) is 0. The van der Waals surface area contributed by atoms with Crippen molar-refractivity contribution in [2.75, 3.05) is 44.4 Å². The lowest BCUT2D eigenvalue weighted by Gasteiger charge is -2.26. The highest BCUT2D eigenvalue weighted by Gasteiger charge is 2.25. The van der Waals surface area contributed by atoms with Gasteiger partial charge in [-0.2, -0.15) is 0 Å². The number of carbonyl (C=O) groups is 2. The van der Waals surface area contributed by atoms with Gasteiger partial charge < -0.3 is 9.47 Å². The first-order valence-electron chi connectivity index (χ1n) is 7.33. The smallest absolute Gasteiger partial charge is 0.258 e. The Bertz CT molecular complexity index is 576. The van der Waals surface area contributed by atoms with Crippen molar-refractivity contribution >= 4 is 17.5 Å². The SMILES string of the molecule is O=C1C=CC(=O)N1c1cccc(OCCN2CCOCC2)c1. The van der Waals surface area contributed by atoms with E-state index in [-0.39, 0.29) is 11.8 Å². The van der Waals surface area contributed by atoms with Gasteiger partial charge in [0.2, 0.25) is 0 Å². The molecule has 0 spiro atoms. The molecule has 0 atom stereocenters. The number of hydrogen-bond acceptors (Lipinski definition) is 5. The summed E-state index contributed by atoms with van der Waals surface area (Å²) in [4.78, 5) is 26.8. The van der Waals surface area contributed by atoms with E-state index >= 15 is 0 Å². The minimum atomic E-state index is -0.324. The molecule has 22 heavy (non-hydrogen) atoms. The quantitative estimate of drug-likeness (QED) is 0.754. The lowest BCUT2D eigenvalue weighted by Crippen LogP contribution is -2.38. The third-order valence-electron chi connectivity index (χ3n) is 3.67. The molecule has 0 aromatic heterocycles. The van der Waals surface area contributed by atoms with Crippen LogP contribution in [0.25, 0.3) is 0 Å². The van der Waals surface area contributed by atoms with Gasteiger partial charge in [-0.25, -0.2) is 4.90 Å². The molecule has 1 saturated heterocycles. The largest absolute Gasteiger partial charge is 0.492 e. The molecule has 1 fully saturated rings. The molecule has 6 nitrogen and oxygen atoms in total. The molecule has 2 aliphatic rings. The standard InChI is InChI=1S/C16H18N2O4/c19-15-4-5-16(20)18(15)13-2-1-3-14(12-13)22-11-8-17-6-9-21-10-7-17/h1-5,12H,6-11H2. The second-order valence-corrected chi connectivity index (χ2v) is 5.15. The topological polar surface area (TPSA) is 59.1 Å². The molecule has 0 radical (unpaired) electrons. The Morgan fingerprint density at radius 1 is 1.09 bits per heavy atom. The molecule has 2 aliphatic heterocycles. The van der Waals surface area contributed by atoms with E-state index in [1.54, 1.807) is 18.2 Å². The summed E-state index contributed by atoms with van der Waals surface area (Å²) in [5.41, 5.74) is 0.531. The summed E-state index contributed by atoms with van der Waals surface area (Å²) in [7, 11) is 0. The van der Waals surface area contributed by atoms with Gasteiger partial charge in [0.1, 0.15) is 12.4 Å². The molecule has 0 bridgehead atoms. The normalized spacial score (nSPS) is 19.0. The van der Waals surface area contributed by atoms with Gasteiger partial charge in [0.25, 0.3) is 11.8 Å². The van der Waals surface area contributed by atoms with E-state index in [4.69, 9.17) is 9.47 Å². The van der Waals surface area contributed by atoms with Gasteiger partial charge in [-0.1, -0.05) is 6.07 Å². The van der Waals surface area contributed by atoms with Crippen molar-refractivity contribution in [3.05, 3.63) is 36.4 Å². The maximum Gasteiger partial charge on any atom is 0.258 e. The predicted octanol–water partition coefficient (Wildman–Crippen LogP) is 0.827. The summed E-state index contributed by atoms with van der Waals surface area (Å²) in [5, 5.41) is 0. The lowest BCUT2D eigenvalue weighted by molar-refractivity contribution is -0.119. The Kier molecular flexibility index (Phi) is 4.50. The minimum Gasteiger partial charge on any atom is -0.492 e. The first kappa shape index (κ1) is 14.7. The van der Waals surface area contributed by atoms with Gasteiger partial charge in [0.05, 0.1) is 18.9 Å². The molecule has 2 amide bonds. The van der Waals surface area contributed by atoms with E-state index < -0.39 is 0 Å². The Morgan fingerprint density at radius 3 is 2.55 bits per heavy atom. The fourth-order valence-corrected chi connectivity index (χ4v) is 2.48. The number of nitrogens with zero attached hydrogens (tertiary/aromatic N) is 2. The van der Waals surface area contributed by atoms with Gasteiger partial charge in [-0.3, -0.25) is 14.5 Å². The van der Waals surface area contributed by atoms with Crippen molar-refractivity contribution in [3.8, 4) is 5.75 Å². The van der Waals surface area contributed by atoms with Gasteiger partial charge in [-0.05, 0) is 12.1 Å².